The molecule has 15 heteroatoms. The molecular weight excluding hydrogens is 865 g/mol. The lowest BCUT2D eigenvalue weighted by atomic mass is 9.83. The van der Waals surface area contributed by atoms with Gasteiger partial charge in [0, 0.05) is 42.0 Å². The minimum absolute atomic E-state index is 0.0156. The summed E-state index contributed by atoms with van der Waals surface area (Å²) in [7, 11) is 0. The van der Waals surface area contributed by atoms with Crippen molar-refractivity contribution in [3.05, 3.63) is 0 Å². The largest absolute Gasteiger partial charge is 0.381 e. The van der Waals surface area contributed by atoms with Gasteiger partial charge >= 0.3 is 0 Å². The fraction of sp³-hybridized carbons (Fsp3) is 1.00. The highest BCUT2D eigenvalue weighted by molar-refractivity contribution is 4.94. The van der Waals surface area contributed by atoms with E-state index in [9.17, 15) is 0 Å². The zero-order valence-corrected chi connectivity index (χ0v) is 41.5. The molecule has 11 aliphatic rings. The molecule has 0 N–H and O–H groups in total. The average molecular weight is 953 g/mol. The van der Waals surface area contributed by atoms with E-state index in [4.69, 9.17) is 71.1 Å². The lowest BCUT2D eigenvalue weighted by Crippen LogP contribution is -2.47. The second-order valence-electron chi connectivity index (χ2n) is 22.6. The molecule has 8 heterocycles. The Morgan fingerprint density at radius 1 is 0.463 bits per heavy atom. The zero-order chi connectivity index (χ0) is 45.9. The van der Waals surface area contributed by atoms with Crippen molar-refractivity contribution in [2.24, 2.45) is 39.9 Å². The Morgan fingerprint density at radius 2 is 0.910 bits per heavy atom. The van der Waals surface area contributed by atoms with Crippen molar-refractivity contribution >= 4 is 0 Å². The molecule has 11 rings (SSSR count). The maximum atomic E-state index is 6.35. The summed E-state index contributed by atoms with van der Waals surface area (Å²) in [5.74, 6) is 2.54. The highest BCUT2D eigenvalue weighted by atomic mass is 16.6. The van der Waals surface area contributed by atoms with Gasteiger partial charge in [-0.15, -0.1) is 0 Å². The standard InChI is InChI=1S/C26H44O6.C13H22O6.C13H22O3/c1-3-25(15-29-16-26(4-2)17-30-18-26,13-27-11-19-5-7-21-23(9-19)31-21)14-28-12-20-6-8-22-24(10-20)32-22;1-10(2-14-1)3-17-11(4-15-6-12-8-18-12)5-16-7-13-9-19-13;1-2-13(8-15-9-13)7-14-6-10-3-4-11-12(5-10)16-11/h19-24H,3-18H2,1-2H3;10-13H,1-9H2;10-12H,2-9H2,1H3. The van der Waals surface area contributed by atoms with E-state index in [-0.39, 0.29) is 16.9 Å². The molecule has 3 saturated carbocycles. The van der Waals surface area contributed by atoms with Crippen molar-refractivity contribution in [2.75, 3.05) is 139 Å². The van der Waals surface area contributed by atoms with Crippen molar-refractivity contribution in [1.29, 1.82) is 0 Å². The maximum Gasteiger partial charge on any atom is 0.104 e. The Bertz CT molecular complexity index is 1370. The molecule has 0 aromatic rings. The van der Waals surface area contributed by atoms with Crippen LogP contribution in [0.3, 0.4) is 0 Å². The summed E-state index contributed by atoms with van der Waals surface area (Å²) in [6, 6.07) is 0. The predicted molar refractivity (Wildman–Crippen MR) is 246 cm³/mol. The molecule has 0 bridgehead atoms. The molecule has 8 saturated heterocycles. The van der Waals surface area contributed by atoms with Gasteiger partial charge in [0.25, 0.3) is 0 Å². The van der Waals surface area contributed by atoms with Crippen LogP contribution in [0, 0.1) is 39.9 Å². The normalized spacial score (nSPS) is 36.9. The zero-order valence-electron chi connectivity index (χ0n) is 41.5. The van der Waals surface area contributed by atoms with Crippen molar-refractivity contribution < 1.29 is 71.1 Å². The third kappa shape index (κ3) is 16.2. The SMILES string of the molecule is C1OCC1COC(COCC1CO1)COCC1CO1.CCC(COCC1CCC2OC2C1)(COCC1CCC2OC2C1)COCC1(CC)COC1.CCC1(COCC2CCC3OC3C2)COC1. The summed E-state index contributed by atoms with van der Waals surface area (Å²) in [6.07, 6.45) is 18.2. The molecule has 0 aromatic carbocycles. The minimum atomic E-state index is -0.0832. The maximum absolute atomic E-state index is 6.35. The predicted octanol–water partition coefficient (Wildman–Crippen LogP) is 5.84. The van der Waals surface area contributed by atoms with Gasteiger partial charge in [-0.25, -0.2) is 0 Å². The van der Waals surface area contributed by atoms with E-state index in [1.54, 1.807) is 0 Å². The summed E-state index contributed by atoms with van der Waals surface area (Å²) in [6.45, 7) is 22.9. The monoisotopic (exact) mass is 953 g/mol. The summed E-state index contributed by atoms with van der Waals surface area (Å²) in [4.78, 5) is 0. The fourth-order valence-corrected chi connectivity index (χ4v) is 10.5. The first kappa shape index (κ1) is 51.3. The number of hydrogen-bond acceptors (Lipinski definition) is 15. The number of fused-ring (bicyclic) bond motifs is 3. The van der Waals surface area contributed by atoms with Gasteiger partial charge in [0.15, 0.2) is 0 Å². The average Bonchev–Trinajstić information content (AvgIpc) is 4.06. The number of hydrogen-bond donors (Lipinski definition) is 0. The molecule has 0 radical (unpaired) electrons. The molecule has 386 valence electrons. The van der Waals surface area contributed by atoms with Crippen LogP contribution >= 0.6 is 0 Å². The van der Waals surface area contributed by atoms with Crippen LogP contribution in [0.4, 0.5) is 0 Å². The van der Waals surface area contributed by atoms with Crippen LogP contribution in [-0.2, 0) is 71.1 Å². The summed E-state index contributed by atoms with van der Waals surface area (Å²) in [5, 5.41) is 0. The Hall–Kier alpha value is -0.600. The number of epoxide rings is 5. The van der Waals surface area contributed by atoms with Crippen LogP contribution in [0.5, 0.6) is 0 Å². The van der Waals surface area contributed by atoms with Gasteiger partial charge in [-0.1, -0.05) is 20.8 Å². The van der Waals surface area contributed by atoms with E-state index in [2.05, 4.69) is 20.8 Å². The summed E-state index contributed by atoms with van der Waals surface area (Å²) >= 11 is 0. The second-order valence-corrected chi connectivity index (χ2v) is 22.6. The van der Waals surface area contributed by atoms with Gasteiger partial charge in [-0.2, -0.15) is 0 Å². The molecule has 11 unspecified atom stereocenters. The Kier molecular flexibility index (Phi) is 19.1. The van der Waals surface area contributed by atoms with Gasteiger partial charge in [0.05, 0.1) is 156 Å². The van der Waals surface area contributed by atoms with Crippen LogP contribution in [0.1, 0.15) is 97.8 Å². The lowest BCUT2D eigenvalue weighted by Gasteiger charge is -2.41. The highest BCUT2D eigenvalue weighted by Gasteiger charge is 2.47. The number of ether oxygens (including phenoxy) is 15. The van der Waals surface area contributed by atoms with Gasteiger partial charge in [0.1, 0.15) is 18.3 Å². The third-order valence-electron chi connectivity index (χ3n) is 16.6. The molecule has 11 fully saturated rings. The van der Waals surface area contributed by atoms with Gasteiger partial charge in [-0.05, 0) is 94.8 Å². The summed E-state index contributed by atoms with van der Waals surface area (Å²) < 4.78 is 85.0. The van der Waals surface area contributed by atoms with Crippen LogP contribution in [0.15, 0.2) is 0 Å². The first-order valence-electron chi connectivity index (χ1n) is 26.8. The minimum Gasteiger partial charge on any atom is -0.381 e. The van der Waals surface area contributed by atoms with Crippen LogP contribution < -0.4 is 0 Å². The molecule has 0 spiro atoms. The van der Waals surface area contributed by atoms with Crippen molar-refractivity contribution in [3.8, 4) is 0 Å². The fourth-order valence-electron chi connectivity index (χ4n) is 10.5. The van der Waals surface area contributed by atoms with Gasteiger partial charge in [-0.3, -0.25) is 0 Å². The van der Waals surface area contributed by atoms with E-state index in [0.29, 0.717) is 118 Å². The lowest BCUT2D eigenvalue weighted by molar-refractivity contribution is -0.165. The quantitative estimate of drug-likeness (QED) is 0.0792. The smallest absolute Gasteiger partial charge is 0.104 e. The molecule has 8 aliphatic heterocycles. The molecule has 0 amide bonds. The van der Waals surface area contributed by atoms with Gasteiger partial charge in [0.2, 0.25) is 0 Å². The topological polar surface area (TPSA) is 155 Å². The van der Waals surface area contributed by atoms with Crippen LogP contribution in [0.25, 0.3) is 0 Å². The van der Waals surface area contributed by atoms with Crippen molar-refractivity contribution in [2.45, 2.75) is 153 Å². The third-order valence-corrected chi connectivity index (χ3v) is 16.6. The van der Waals surface area contributed by atoms with E-state index < -0.39 is 0 Å². The van der Waals surface area contributed by atoms with Gasteiger partial charge < -0.3 is 71.1 Å². The summed E-state index contributed by atoms with van der Waals surface area (Å²) in [5.41, 5.74) is 0.473. The Balaban J connectivity index is 0.000000136. The molecule has 15 nitrogen and oxygen atoms in total. The molecular formula is C52H88O15. The number of rotatable bonds is 30. The van der Waals surface area contributed by atoms with Crippen LogP contribution in [0.2, 0.25) is 0 Å². The first-order chi connectivity index (χ1) is 32.8. The molecule has 0 aromatic heterocycles. The van der Waals surface area contributed by atoms with E-state index in [0.717, 1.165) is 111 Å². The van der Waals surface area contributed by atoms with Crippen molar-refractivity contribution in [1.82, 2.24) is 0 Å². The molecule has 11 atom stereocenters. The van der Waals surface area contributed by atoms with Crippen LogP contribution in [-0.4, -0.2) is 194 Å². The van der Waals surface area contributed by atoms with E-state index >= 15 is 0 Å². The first-order valence-corrected chi connectivity index (χ1v) is 26.8. The Morgan fingerprint density at radius 3 is 1.28 bits per heavy atom. The molecule has 3 aliphatic carbocycles. The Labute approximate surface area is 401 Å². The molecule has 67 heavy (non-hydrogen) atoms. The second kappa shape index (κ2) is 24.9. The van der Waals surface area contributed by atoms with E-state index in [1.807, 2.05) is 0 Å². The van der Waals surface area contributed by atoms with E-state index in [1.165, 1.54) is 64.2 Å². The van der Waals surface area contributed by atoms with Crippen molar-refractivity contribution in [3.63, 3.8) is 0 Å². The highest BCUT2D eigenvalue weighted by Crippen LogP contribution is 2.42.